The van der Waals surface area contributed by atoms with Gasteiger partial charge in [-0.25, -0.2) is 13.6 Å². The molecule has 0 bridgehead atoms. The summed E-state index contributed by atoms with van der Waals surface area (Å²) in [5.41, 5.74) is 5.87. The van der Waals surface area contributed by atoms with Crippen molar-refractivity contribution in [3.63, 3.8) is 0 Å². The molecule has 0 radical (unpaired) electrons. The second-order valence-corrected chi connectivity index (χ2v) is 7.59. The van der Waals surface area contributed by atoms with Crippen LogP contribution in [0.2, 0.25) is 0 Å². The third-order valence-electron chi connectivity index (χ3n) is 4.08. The Kier molecular flexibility index (Phi) is 6.90. The normalized spacial score (nSPS) is 10.4. The maximum Gasteiger partial charge on any atom is 0.404 e. The Morgan fingerprint density at radius 2 is 1.84 bits per heavy atom. The molecule has 7 nitrogen and oxygen atoms in total. The van der Waals surface area contributed by atoms with Gasteiger partial charge in [-0.15, -0.1) is 0 Å². The molecule has 0 aliphatic rings. The lowest BCUT2D eigenvalue weighted by molar-refractivity contribution is 0.0999. The number of amides is 2. The van der Waals surface area contributed by atoms with Gasteiger partial charge in [0.05, 0.1) is 11.4 Å². The van der Waals surface area contributed by atoms with E-state index in [9.17, 15) is 18.4 Å². The number of carbonyl (C=O) groups excluding carboxylic acids is 1. The van der Waals surface area contributed by atoms with E-state index in [1.165, 1.54) is 18.2 Å². The maximum atomic E-state index is 14.3. The molecule has 0 saturated carbocycles. The molecule has 3 rings (SSSR count). The predicted octanol–water partition coefficient (Wildman–Crippen LogP) is 4.97. The molecule has 10 heteroatoms. The molecular formula is C21H16F2IN3O4. The van der Waals surface area contributed by atoms with Gasteiger partial charge in [0.15, 0.2) is 0 Å². The lowest BCUT2D eigenvalue weighted by Gasteiger charge is -2.16. The van der Waals surface area contributed by atoms with Crippen molar-refractivity contribution in [1.82, 2.24) is 5.32 Å². The van der Waals surface area contributed by atoms with E-state index in [0.29, 0.717) is 9.13 Å². The standard InChI is InChI=1S/C21H16F2IN3O4/c22-12-7-17(27-16-5-4-13(24)9-15(16)23)19(20(25)28)18(8-12)31-14-3-1-2-11(6-14)10-26-21(29)30/h1-9,26-27H,10H2,(H2,25,28)(H,29,30). The number of primary amides is 1. The summed E-state index contributed by atoms with van der Waals surface area (Å²) in [6, 6.07) is 12.7. The van der Waals surface area contributed by atoms with E-state index in [1.54, 1.807) is 24.3 Å². The summed E-state index contributed by atoms with van der Waals surface area (Å²) in [6.45, 7) is 0.0250. The van der Waals surface area contributed by atoms with E-state index >= 15 is 0 Å². The Hall–Kier alpha value is -3.41. The van der Waals surface area contributed by atoms with Crippen LogP contribution in [0.25, 0.3) is 0 Å². The molecule has 0 aliphatic carbocycles. The minimum atomic E-state index is -1.19. The highest BCUT2D eigenvalue weighted by molar-refractivity contribution is 14.1. The zero-order chi connectivity index (χ0) is 22.5. The van der Waals surface area contributed by atoms with Crippen molar-refractivity contribution in [2.24, 2.45) is 5.73 Å². The summed E-state index contributed by atoms with van der Waals surface area (Å²) < 4.78 is 34.9. The van der Waals surface area contributed by atoms with E-state index in [4.69, 9.17) is 15.6 Å². The topological polar surface area (TPSA) is 114 Å². The van der Waals surface area contributed by atoms with Crippen LogP contribution in [0.4, 0.5) is 25.0 Å². The fourth-order valence-corrected chi connectivity index (χ4v) is 3.23. The van der Waals surface area contributed by atoms with Crippen molar-refractivity contribution in [3.05, 3.63) is 80.9 Å². The monoisotopic (exact) mass is 539 g/mol. The zero-order valence-electron chi connectivity index (χ0n) is 15.8. The molecule has 0 atom stereocenters. The highest BCUT2D eigenvalue weighted by Gasteiger charge is 2.19. The Morgan fingerprint density at radius 1 is 1.06 bits per heavy atom. The second kappa shape index (κ2) is 9.60. The van der Waals surface area contributed by atoms with Gasteiger partial charge < -0.3 is 26.2 Å². The zero-order valence-corrected chi connectivity index (χ0v) is 17.9. The van der Waals surface area contributed by atoms with Crippen LogP contribution in [0, 0.1) is 15.2 Å². The van der Waals surface area contributed by atoms with Gasteiger partial charge in [0.1, 0.15) is 28.7 Å². The Bertz CT molecular complexity index is 1160. The van der Waals surface area contributed by atoms with Crippen LogP contribution in [0.15, 0.2) is 54.6 Å². The van der Waals surface area contributed by atoms with Crippen molar-refractivity contribution in [2.75, 3.05) is 5.32 Å². The van der Waals surface area contributed by atoms with E-state index < -0.39 is 23.6 Å². The third-order valence-corrected chi connectivity index (χ3v) is 4.75. The molecule has 0 unspecified atom stereocenters. The first-order valence-electron chi connectivity index (χ1n) is 8.82. The second-order valence-electron chi connectivity index (χ2n) is 6.35. The summed E-state index contributed by atoms with van der Waals surface area (Å²) in [5, 5.41) is 13.6. The molecule has 31 heavy (non-hydrogen) atoms. The molecule has 2 amide bonds. The Balaban J connectivity index is 1.96. The number of rotatable bonds is 7. The quantitative estimate of drug-likeness (QED) is 0.317. The van der Waals surface area contributed by atoms with E-state index in [0.717, 1.165) is 12.1 Å². The van der Waals surface area contributed by atoms with Crippen molar-refractivity contribution in [2.45, 2.75) is 6.54 Å². The lowest BCUT2D eigenvalue weighted by atomic mass is 10.1. The van der Waals surface area contributed by atoms with E-state index in [2.05, 4.69) is 10.6 Å². The smallest absolute Gasteiger partial charge is 0.404 e. The molecule has 160 valence electrons. The first-order valence-corrected chi connectivity index (χ1v) is 9.90. The van der Waals surface area contributed by atoms with Crippen LogP contribution in [-0.2, 0) is 6.54 Å². The summed E-state index contributed by atoms with van der Waals surface area (Å²) in [5.74, 6) is -2.19. The Labute approximate surface area is 189 Å². The van der Waals surface area contributed by atoms with Gasteiger partial charge >= 0.3 is 6.09 Å². The van der Waals surface area contributed by atoms with Gasteiger partial charge in [-0.3, -0.25) is 4.79 Å². The molecule has 3 aromatic carbocycles. The summed E-state index contributed by atoms with van der Waals surface area (Å²) in [6.07, 6.45) is -1.19. The Morgan fingerprint density at radius 3 is 2.52 bits per heavy atom. The minimum absolute atomic E-state index is 0.0250. The van der Waals surface area contributed by atoms with Gasteiger partial charge in [0, 0.05) is 16.2 Å². The lowest BCUT2D eigenvalue weighted by Crippen LogP contribution is -2.19. The number of halogens is 3. The molecular weight excluding hydrogens is 523 g/mol. The fourth-order valence-electron chi connectivity index (χ4n) is 2.77. The molecule has 0 fully saturated rings. The van der Waals surface area contributed by atoms with Crippen molar-refractivity contribution in [1.29, 1.82) is 0 Å². The van der Waals surface area contributed by atoms with Crippen LogP contribution in [0.5, 0.6) is 11.5 Å². The summed E-state index contributed by atoms with van der Waals surface area (Å²) in [4.78, 5) is 22.8. The third kappa shape index (κ3) is 5.81. The number of carbonyl (C=O) groups is 2. The van der Waals surface area contributed by atoms with Crippen LogP contribution in [0.1, 0.15) is 15.9 Å². The molecule has 3 aromatic rings. The van der Waals surface area contributed by atoms with Crippen molar-refractivity contribution in [3.8, 4) is 11.5 Å². The van der Waals surface area contributed by atoms with Gasteiger partial charge in [-0.05, 0) is 64.6 Å². The number of hydrogen-bond acceptors (Lipinski definition) is 4. The predicted molar refractivity (Wildman–Crippen MR) is 119 cm³/mol. The summed E-state index contributed by atoms with van der Waals surface area (Å²) in [7, 11) is 0. The summed E-state index contributed by atoms with van der Waals surface area (Å²) >= 11 is 1.95. The van der Waals surface area contributed by atoms with Crippen LogP contribution in [0.3, 0.4) is 0 Å². The largest absolute Gasteiger partial charge is 0.465 e. The number of carboxylic acid groups (broad SMARTS) is 1. The fraction of sp³-hybridized carbons (Fsp3) is 0.0476. The average molecular weight is 539 g/mol. The van der Waals surface area contributed by atoms with Gasteiger partial charge in [-0.1, -0.05) is 12.1 Å². The molecule has 0 spiro atoms. The van der Waals surface area contributed by atoms with E-state index in [1.807, 2.05) is 22.6 Å². The number of nitrogens with two attached hydrogens (primary N) is 1. The number of hydrogen-bond donors (Lipinski definition) is 4. The van der Waals surface area contributed by atoms with E-state index in [-0.39, 0.29) is 35.0 Å². The first kappa shape index (κ1) is 22.3. The number of anilines is 2. The number of benzene rings is 3. The highest BCUT2D eigenvalue weighted by Crippen LogP contribution is 2.34. The first-order chi connectivity index (χ1) is 14.7. The van der Waals surface area contributed by atoms with Gasteiger partial charge in [-0.2, -0.15) is 0 Å². The maximum absolute atomic E-state index is 14.3. The van der Waals surface area contributed by atoms with Gasteiger partial charge in [0.25, 0.3) is 5.91 Å². The minimum Gasteiger partial charge on any atom is -0.465 e. The van der Waals surface area contributed by atoms with Gasteiger partial charge in [0.2, 0.25) is 0 Å². The van der Waals surface area contributed by atoms with Crippen LogP contribution in [-0.4, -0.2) is 17.1 Å². The number of ether oxygens (including phenoxy) is 1. The molecule has 0 aliphatic heterocycles. The molecule has 5 N–H and O–H groups in total. The molecule has 0 saturated heterocycles. The molecule has 0 heterocycles. The van der Waals surface area contributed by atoms with Crippen LogP contribution < -0.4 is 21.1 Å². The number of nitrogens with one attached hydrogen (secondary N) is 2. The van der Waals surface area contributed by atoms with Crippen molar-refractivity contribution >= 4 is 46.0 Å². The molecule has 0 aromatic heterocycles. The SMILES string of the molecule is NC(=O)c1c(Nc2ccc(I)cc2F)cc(F)cc1Oc1cccc(CNC(=O)O)c1. The van der Waals surface area contributed by atoms with Crippen LogP contribution >= 0.6 is 22.6 Å². The van der Waals surface area contributed by atoms with Crippen molar-refractivity contribution < 1.29 is 28.2 Å². The average Bonchev–Trinajstić information content (AvgIpc) is 2.68. The highest BCUT2D eigenvalue weighted by atomic mass is 127.